The first-order valence-electron chi connectivity index (χ1n) is 7.37. The van der Waals surface area contributed by atoms with Crippen LogP contribution in [0.15, 0.2) is 45.3 Å². The number of hydrogen-bond donors (Lipinski definition) is 2. The molecule has 1 heterocycles. The summed E-state index contributed by atoms with van der Waals surface area (Å²) in [5, 5.41) is 11.6. The largest absolute Gasteiger partial charge is 0.486 e. The summed E-state index contributed by atoms with van der Waals surface area (Å²) in [6.45, 7) is 3.36. The molecule has 2 aromatic rings. The highest BCUT2D eigenvalue weighted by molar-refractivity contribution is 9.10. The number of carbonyl (C=O) groups is 2. The number of carboxylic acid groups (broad SMARTS) is 1. The van der Waals surface area contributed by atoms with E-state index in [-0.39, 0.29) is 12.4 Å². The van der Waals surface area contributed by atoms with Crippen LogP contribution in [0.25, 0.3) is 0 Å². The quantitative estimate of drug-likeness (QED) is 0.749. The second-order valence-electron chi connectivity index (χ2n) is 5.40. The zero-order valence-electron chi connectivity index (χ0n) is 13.3. The normalized spacial score (nSPS) is 13.1. The van der Waals surface area contributed by atoms with Crippen LogP contribution in [0.4, 0.5) is 0 Å². The number of halogens is 1. The van der Waals surface area contributed by atoms with Crippen molar-refractivity contribution < 1.29 is 23.8 Å². The molecule has 0 aliphatic heterocycles. The fourth-order valence-corrected chi connectivity index (χ4v) is 2.28. The van der Waals surface area contributed by atoms with Crippen molar-refractivity contribution in [3.63, 3.8) is 0 Å². The molecular weight excluding hydrogens is 378 g/mol. The summed E-state index contributed by atoms with van der Waals surface area (Å²) in [7, 11) is 0. The van der Waals surface area contributed by atoms with Gasteiger partial charge in [0, 0.05) is 10.5 Å². The van der Waals surface area contributed by atoms with E-state index in [1.54, 1.807) is 13.0 Å². The molecule has 0 saturated carbocycles. The zero-order valence-corrected chi connectivity index (χ0v) is 14.9. The van der Waals surface area contributed by atoms with E-state index in [1.165, 1.54) is 13.0 Å². The molecule has 0 fully saturated rings. The first-order chi connectivity index (χ1) is 11.4. The predicted octanol–water partition coefficient (Wildman–Crippen LogP) is 3.46. The molecule has 0 saturated heterocycles. The third-order valence-electron chi connectivity index (χ3n) is 3.56. The Balaban J connectivity index is 1.92. The van der Waals surface area contributed by atoms with Crippen molar-refractivity contribution in [3.8, 4) is 5.75 Å². The minimum atomic E-state index is -0.967. The first-order valence-corrected chi connectivity index (χ1v) is 8.17. The molecule has 2 N–H and O–H groups in total. The Kier molecular flexibility index (Phi) is 6.03. The van der Waals surface area contributed by atoms with Crippen molar-refractivity contribution >= 4 is 27.8 Å². The SMILES string of the molecule is CC(NC(=O)c1ccc(COc2cccc(Br)c2)o1)C(C)C(=O)O. The van der Waals surface area contributed by atoms with E-state index in [0.29, 0.717) is 11.5 Å². The summed E-state index contributed by atoms with van der Waals surface area (Å²) in [6, 6.07) is 10.1. The Morgan fingerprint density at radius 3 is 2.71 bits per heavy atom. The van der Waals surface area contributed by atoms with E-state index in [4.69, 9.17) is 14.3 Å². The number of amides is 1. The summed E-state index contributed by atoms with van der Waals surface area (Å²) in [6.07, 6.45) is 0. The maximum Gasteiger partial charge on any atom is 0.308 e. The zero-order chi connectivity index (χ0) is 17.7. The van der Waals surface area contributed by atoms with Crippen LogP contribution in [0, 0.1) is 5.92 Å². The van der Waals surface area contributed by atoms with Crippen LogP contribution in [0.2, 0.25) is 0 Å². The maximum absolute atomic E-state index is 12.1. The minimum Gasteiger partial charge on any atom is -0.486 e. The Labute approximate surface area is 147 Å². The molecule has 2 unspecified atom stereocenters. The summed E-state index contributed by atoms with van der Waals surface area (Å²) < 4.78 is 11.9. The smallest absolute Gasteiger partial charge is 0.308 e. The molecule has 24 heavy (non-hydrogen) atoms. The molecule has 2 atom stereocenters. The average Bonchev–Trinajstić information content (AvgIpc) is 3.01. The molecule has 1 amide bonds. The van der Waals surface area contributed by atoms with Crippen LogP contribution in [0.5, 0.6) is 5.75 Å². The molecule has 2 rings (SSSR count). The number of furan rings is 1. The molecule has 0 spiro atoms. The number of carbonyl (C=O) groups excluding carboxylic acids is 1. The molecule has 0 aliphatic carbocycles. The van der Waals surface area contributed by atoms with Gasteiger partial charge in [-0.2, -0.15) is 0 Å². The molecule has 7 heteroatoms. The Morgan fingerprint density at radius 2 is 2.04 bits per heavy atom. The van der Waals surface area contributed by atoms with Gasteiger partial charge in [-0.05, 0) is 44.2 Å². The molecule has 1 aromatic heterocycles. The van der Waals surface area contributed by atoms with Crippen LogP contribution in [0.3, 0.4) is 0 Å². The fourth-order valence-electron chi connectivity index (χ4n) is 1.91. The van der Waals surface area contributed by atoms with Gasteiger partial charge in [-0.15, -0.1) is 0 Å². The van der Waals surface area contributed by atoms with Gasteiger partial charge in [0.25, 0.3) is 5.91 Å². The lowest BCUT2D eigenvalue weighted by Crippen LogP contribution is -2.39. The standard InChI is InChI=1S/C17H18BrNO5/c1-10(17(21)22)11(2)19-16(20)15-7-6-14(24-15)9-23-13-5-3-4-12(18)8-13/h3-8,10-11H,9H2,1-2H3,(H,19,20)(H,21,22). The molecule has 6 nitrogen and oxygen atoms in total. The highest BCUT2D eigenvalue weighted by atomic mass is 79.9. The van der Waals surface area contributed by atoms with Crippen molar-refractivity contribution in [1.29, 1.82) is 0 Å². The number of benzene rings is 1. The van der Waals surface area contributed by atoms with E-state index in [0.717, 1.165) is 4.47 Å². The third kappa shape index (κ3) is 4.86. The van der Waals surface area contributed by atoms with Crippen LogP contribution >= 0.6 is 15.9 Å². The van der Waals surface area contributed by atoms with E-state index >= 15 is 0 Å². The van der Waals surface area contributed by atoms with Crippen molar-refractivity contribution in [2.45, 2.75) is 26.5 Å². The lowest BCUT2D eigenvalue weighted by molar-refractivity contribution is -0.141. The summed E-state index contributed by atoms with van der Waals surface area (Å²) >= 11 is 3.36. The topological polar surface area (TPSA) is 88.8 Å². The van der Waals surface area contributed by atoms with Crippen LogP contribution in [0.1, 0.15) is 30.2 Å². The van der Waals surface area contributed by atoms with Crippen LogP contribution < -0.4 is 10.1 Å². The second-order valence-corrected chi connectivity index (χ2v) is 6.32. The van der Waals surface area contributed by atoms with Crippen molar-refractivity contribution in [3.05, 3.63) is 52.4 Å². The summed E-state index contributed by atoms with van der Waals surface area (Å²) in [5.41, 5.74) is 0. The third-order valence-corrected chi connectivity index (χ3v) is 4.05. The predicted molar refractivity (Wildman–Crippen MR) is 90.9 cm³/mol. The van der Waals surface area contributed by atoms with Gasteiger partial charge in [0.2, 0.25) is 0 Å². The van der Waals surface area contributed by atoms with Gasteiger partial charge in [0.1, 0.15) is 18.1 Å². The molecule has 0 radical (unpaired) electrons. The van der Waals surface area contributed by atoms with Gasteiger partial charge in [-0.25, -0.2) is 0 Å². The van der Waals surface area contributed by atoms with Crippen LogP contribution in [-0.2, 0) is 11.4 Å². The number of nitrogens with one attached hydrogen (secondary N) is 1. The maximum atomic E-state index is 12.1. The van der Waals surface area contributed by atoms with Gasteiger partial charge >= 0.3 is 5.97 Å². The van der Waals surface area contributed by atoms with Gasteiger partial charge in [0.15, 0.2) is 5.76 Å². The molecule has 0 aliphatic rings. The van der Waals surface area contributed by atoms with Gasteiger partial charge in [-0.1, -0.05) is 22.0 Å². The lowest BCUT2D eigenvalue weighted by atomic mass is 10.0. The number of carboxylic acids is 1. The van der Waals surface area contributed by atoms with Crippen LogP contribution in [-0.4, -0.2) is 23.0 Å². The Morgan fingerprint density at radius 1 is 1.29 bits per heavy atom. The monoisotopic (exact) mass is 395 g/mol. The summed E-state index contributed by atoms with van der Waals surface area (Å²) in [5.74, 6) is -0.820. The van der Waals surface area contributed by atoms with Gasteiger partial charge < -0.3 is 19.6 Å². The highest BCUT2D eigenvalue weighted by Crippen LogP contribution is 2.19. The highest BCUT2D eigenvalue weighted by Gasteiger charge is 2.22. The first kappa shape index (κ1) is 18.1. The minimum absolute atomic E-state index is 0.118. The van der Waals surface area contributed by atoms with Crippen molar-refractivity contribution in [2.75, 3.05) is 0 Å². The van der Waals surface area contributed by atoms with Gasteiger partial charge in [-0.3, -0.25) is 9.59 Å². The molecule has 1 aromatic carbocycles. The van der Waals surface area contributed by atoms with E-state index in [9.17, 15) is 9.59 Å². The van der Waals surface area contributed by atoms with Crippen molar-refractivity contribution in [1.82, 2.24) is 5.32 Å². The van der Waals surface area contributed by atoms with E-state index in [1.807, 2.05) is 24.3 Å². The molecular formula is C17H18BrNO5. The molecule has 128 valence electrons. The number of aliphatic carboxylic acids is 1. The Bertz CT molecular complexity index is 727. The second kappa shape index (κ2) is 8.01. The summed E-state index contributed by atoms with van der Waals surface area (Å²) in [4.78, 5) is 23.0. The fraction of sp³-hybridized carbons (Fsp3) is 0.294. The number of rotatable bonds is 7. The van der Waals surface area contributed by atoms with Crippen molar-refractivity contribution in [2.24, 2.45) is 5.92 Å². The Hall–Kier alpha value is -2.28. The van der Waals surface area contributed by atoms with E-state index < -0.39 is 23.8 Å². The molecule has 0 bridgehead atoms. The average molecular weight is 396 g/mol. The number of ether oxygens (including phenoxy) is 1. The number of hydrogen-bond acceptors (Lipinski definition) is 4. The lowest BCUT2D eigenvalue weighted by Gasteiger charge is -2.16. The van der Waals surface area contributed by atoms with E-state index in [2.05, 4.69) is 21.2 Å². The van der Waals surface area contributed by atoms with Gasteiger partial charge in [0.05, 0.1) is 5.92 Å².